The Morgan fingerprint density at radius 2 is 1.92 bits per heavy atom. The summed E-state index contributed by atoms with van der Waals surface area (Å²) in [5.74, 6) is 0. The number of aromatic amines is 1. The number of nitrogens with one attached hydrogen (secondary N) is 1. The molecular weight excluding hydrogens is 166 g/mol. The number of rotatable bonds is 0. The summed E-state index contributed by atoms with van der Waals surface area (Å²) in [4.78, 5) is 0. The van der Waals surface area contributed by atoms with E-state index in [-0.39, 0.29) is 0 Å². The van der Waals surface area contributed by atoms with E-state index in [2.05, 4.69) is 10.2 Å². The molecule has 2 heterocycles. The molecule has 4 nitrogen and oxygen atoms in total. The van der Waals surface area contributed by atoms with Crippen molar-refractivity contribution in [1.29, 1.82) is 0 Å². The van der Waals surface area contributed by atoms with Gasteiger partial charge in [0.1, 0.15) is 0 Å². The average molecular weight is 180 g/mol. The highest BCUT2D eigenvalue weighted by Crippen LogP contribution is 2.46. The summed E-state index contributed by atoms with van der Waals surface area (Å²) in [6.45, 7) is 7.66. The second kappa shape index (κ2) is 2.13. The maximum atomic E-state index is 11.9. The van der Waals surface area contributed by atoms with Gasteiger partial charge < -0.3 is 0 Å². The van der Waals surface area contributed by atoms with Gasteiger partial charge >= 0.3 is 0 Å². The third-order valence-electron chi connectivity index (χ3n) is 2.93. The van der Waals surface area contributed by atoms with Crippen molar-refractivity contribution in [3.8, 4) is 0 Å². The van der Waals surface area contributed by atoms with Crippen LogP contribution in [0, 0.1) is 0 Å². The van der Waals surface area contributed by atoms with E-state index < -0.39 is 11.1 Å². The SMILES string of the molecule is CC1(C)c2cn[nH]c2C(C)(C)N1[O]. The van der Waals surface area contributed by atoms with Crippen LogP contribution in [0.2, 0.25) is 0 Å². The first kappa shape index (κ1) is 8.72. The number of fused-ring (bicyclic) bond motifs is 1. The fourth-order valence-corrected chi connectivity index (χ4v) is 2.13. The molecule has 0 aromatic carbocycles. The minimum atomic E-state index is -0.491. The molecular formula is C9H14N3O. The number of hydrogen-bond donors (Lipinski definition) is 1. The number of hydrogen-bond acceptors (Lipinski definition) is 2. The first-order valence-corrected chi connectivity index (χ1v) is 4.40. The highest BCUT2D eigenvalue weighted by molar-refractivity contribution is 5.35. The molecule has 0 bridgehead atoms. The van der Waals surface area contributed by atoms with Crippen molar-refractivity contribution in [3.05, 3.63) is 17.5 Å². The molecule has 0 amide bonds. The average Bonchev–Trinajstić information content (AvgIpc) is 2.54. The normalized spacial score (nSPS) is 24.7. The molecule has 13 heavy (non-hydrogen) atoms. The highest BCUT2D eigenvalue weighted by atomic mass is 16.5. The Morgan fingerprint density at radius 1 is 1.31 bits per heavy atom. The van der Waals surface area contributed by atoms with Gasteiger partial charge in [-0.1, -0.05) is 0 Å². The van der Waals surface area contributed by atoms with Crippen LogP contribution in [0.1, 0.15) is 39.0 Å². The maximum absolute atomic E-state index is 11.9. The first-order chi connectivity index (χ1) is 5.88. The molecule has 0 saturated carbocycles. The van der Waals surface area contributed by atoms with Crippen LogP contribution in [0.25, 0.3) is 0 Å². The van der Waals surface area contributed by atoms with Gasteiger partial charge in [-0.15, -0.1) is 10.3 Å². The van der Waals surface area contributed by atoms with Crippen LogP contribution < -0.4 is 0 Å². The lowest BCUT2D eigenvalue weighted by molar-refractivity contribution is -0.267. The van der Waals surface area contributed by atoms with E-state index in [4.69, 9.17) is 0 Å². The third kappa shape index (κ3) is 0.845. The lowest BCUT2D eigenvalue weighted by Crippen LogP contribution is -2.42. The Morgan fingerprint density at radius 3 is 2.46 bits per heavy atom. The molecule has 1 N–H and O–H groups in total. The fraction of sp³-hybridized carbons (Fsp3) is 0.667. The molecule has 1 aliphatic heterocycles. The van der Waals surface area contributed by atoms with Gasteiger partial charge in [-0.05, 0) is 27.7 Å². The Kier molecular flexibility index (Phi) is 1.43. The van der Waals surface area contributed by atoms with Gasteiger partial charge in [-0.25, -0.2) is 0 Å². The number of H-pyrrole nitrogens is 1. The standard InChI is InChI=1S/C9H14N3O/c1-8(2)6-5-10-11-7(6)9(3,4)12(8)13/h5H,1-4H3,(H,10,11). The van der Waals surface area contributed by atoms with Crippen molar-refractivity contribution in [1.82, 2.24) is 15.3 Å². The molecule has 1 aromatic heterocycles. The van der Waals surface area contributed by atoms with Gasteiger partial charge in [0.15, 0.2) is 0 Å². The Bertz CT molecular complexity index is 310. The van der Waals surface area contributed by atoms with Crippen LogP contribution in [0.5, 0.6) is 0 Å². The van der Waals surface area contributed by atoms with Crippen molar-refractivity contribution in [2.45, 2.75) is 38.8 Å². The third-order valence-corrected chi connectivity index (χ3v) is 2.93. The van der Waals surface area contributed by atoms with E-state index in [1.54, 1.807) is 6.20 Å². The van der Waals surface area contributed by atoms with E-state index in [1.165, 1.54) is 0 Å². The van der Waals surface area contributed by atoms with Crippen LogP contribution >= 0.6 is 0 Å². The van der Waals surface area contributed by atoms with Crippen molar-refractivity contribution >= 4 is 0 Å². The summed E-state index contributed by atoms with van der Waals surface area (Å²) in [5, 5.41) is 19.9. The molecule has 1 aromatic rings. The summed E-state index contributed by atoms with van der Waals surface area (Å²) in [6.07, 6.45) is 1.75. The van der Waals surface area contributed by atoms with Crippen molar-refractivity contribution in [2.24, 2.45) is 0 Å². The summed E-state index contributed by atoms with van der Waals surface area (Å²) in [5.41, 5.74) is 0.987. The van der Waals surface area contributed by atoms with Gasteiger partial charge in [-0.3, -0.25) is 5.10 Å². The predicted octanol–water partition coefficient (Wildman–Crippen LogP) is 1.54. The number of nitrogens with zero attached hydrogens (tertiary/aromatic N) is 2. The quantitative estimate of drug-likeness (QED) is 0.658. The van der Waals surface area contributed by atoms with E-state index >= 15 is 0 Å². The minimum absolute atomic E-state index is 0.466. The molecule has 0 saturated heterocycles. The van der Waals surface area contributed by atoms with Crippen LogP contribution in [0.15, 0.2) is 6.20 Å². The van der Waals surface area contributed by atoms with Crippen LogP contribution in [-0.4, -0.2) is 15.3 Å². The van der Waals surface area contributed by atoms with Crippen molar-refractivity contribution < 1.29 is 5.21 Å². The summed E-state index contributed by atoms with van der Waals surface area (Å²) in [6, 6.07) is 0. The highest BCUT2D eigenvalue weighted by Gasteiger charge is 2.51. The number of hydroxylamine groups is 2. The zero-order valence-electron chi connectivity index (χ0n) is 8.38. The molecule has 71 valence electrons. The molecule has 0 aliphatic carbocycles. The molecule has 4 heteroatoms. The second-order valence-corrected chi connectivity index (χ2v) is 4.57. The van der Waals surface area contributed by atoms with E-state index in [9.17, 15) is 5.21 Å². The van der Waals surface area contributed by atoms with E-state index in [0.29, 0.717) is 0 Å². The summed E-state index contributed by atoms with van der Waals surface area (Å²) < 4.78 is 0. The van der Waals surface area contributed by atoms with Crippen LogP contribution in [0.4, 0.5) is 0 Å². The van der Waals surface area contributed by atoms with E-state index in [1.807, 2.05) is 27.7 Å². The molecule has 0 atom stereocenters. The van der Waals surface area contributed by atoms with Crippen molar-refractivity contribution in [3.63, 3.8) is 0 Å². The van der Waals surface area contributed by atoms with Gasteiger partial charge in [0.25, 0.3) is 0 Å². The summed E-state index contributed by atoms with van der Waals surface area (Å²) >= 11 is 0. The van der Waals surface area contributed by atoms with Gasteiger partial charge in [-0.2, -0.15) is 5.10 Å². The maximum Gasteiger partial charge on any atom is 0.0864 e. The molecule has 0 fully saturated rings. The molecule has 0 unspecified atom stereocenters. The second-order valence-electron chi connectivity index (χ2n) is 4.57. The van der Waals surface area contributed by atoms with Gasteiger partial charge in [0, 0.05) is 5.56 Å². The lowest BCUT2D eigenvalue weighted by Gasteiger charge is -2.32. The predicted molar refractivity (Wildman–Crippen MR) is 47.2 cm³/mol. The molecule has 1 radical (unpaired) electrons. The Balaban J connectivity index is 2.65. The first-order valence-electron chi connectivity index (χ1n) is 4.40. The monoisotopic (exact) mass is 180 g/mol. The van der Waals surface area contributed by atoms with Gasteiger partial charge in [0.05, 0.1) is 23.0 Å². The van der Waals surface area contributed by atoms with Crippen molar-refractivity contribution in [2.75, 3.05) is 0 Å². The fourth-order valence-electron chi connectivity index (χ4n) is 2.13. The van der Waals surface area contributed by atoms with Crippen LogP contribution in [0.3, 0.4) is 0 Å². The largest absolute Gasteiger partial charge is 0.280 e. The molecule has 0 spiro atoms. The summed E-state index contributed by atoms with van der Waals surface area (Å²) in [7, 11) is 0. The molecule has 1 aliphatic rings. The smallest absolute Gasteiger partial charge is 0.0864 e. The van der Waals surface area contributed by atoms with Gasteiger partial charge in [0.2, 0.25) is 0 Å². The minimum Gasteiger partial charge on any atom is -0.280 e. The zero-order chi connectivity index (χ0) is 9.85. The molecule has 2 rings (SSSR count). The topological polar surface area (TPSA) is 51.8 Å². The zero-order valence-corrected chi connectivity index (χ0v) is 8.38. The Hall–Kier alpha value is -0.870. The van der Waals surface area contributed by atoms with E-state index in [0.717, 1.165) is 16.3 Å². The Labute approximate surface area is 77.5 Å². The lowest BCUT2D eigenvalue weighted by atomic mass is 9.98. The van der Waals surface area contributed by atoms with Crippen LogP contribution in [-0.2, 0) is 16.3 Å². The number of aromatic nitrogens is 2.